The number of hydrogen-bond donors (Lipinski definition) is 1. The second kappa shape index (κ2) is 4.30. The fraction of sp³-hybridized carbons (Fsp3) is 0.533. The molecule has 2 aromatic heterocycles. The zero-order chi connectivity index (χ0) is 13.7. The molecule has 2 aromatic rings. The summed E-state index contributed by atoms with van der Waals surface area (Å²) in [7, 11) is 0. The van der Waals surface area contributed by atoms with Gasteiger partial charge in [0.05, 0.1) is 16.6 Å². The summed E-state index contributed by atoms with van der Waals surface area (Å²) < 4.78 is 5.07. The fourth-order valence-corrected chi connectivity index (χ4v) is 2.84. The first-order valence-corrected chi connectivity index (χ1v) is 7.25. The smallest absolute Gasteiger partial charge is 0.257 e. The molecule has 0 unspecified atom stereocenters. The van der Waals surface area contributed by atoms with Gasteiger partial charge in [-0.3, -0.25) is 4.79 Å². The fourth-order valence-electron chi connectivity index (χ4n) is 2.84. The second-order valence-corrected chi connectivity index (χ2v) is 6.02. The first kappa shape index (κ1) is 11.9. The predicted molar refractivity (Wildman–Crippen MR) is 73.2 cm³/mol. The minimum absolute atomic E-state index is 0.0243. The molecule has 2 saturated carbocycles. The molecular weight excluding hydrogens is 254 g/mol. The van der Waals surface area contributed by atoms with Gasteiger partial charge in [-0.1, -0.05) is 5.16 Å². The van der Waals surface area contributed by atoms with E-state index in [1.165, 1.54) is 25.7 Å². The Kier molecular flexibility index (Phi) is 2.55. The van der Waals surface area contributed by atoms with E-state index in [4.69, 9.17) is 4.52 Å². The van der Waals surface area contributed by atoms with Crippen LogP contribution in [0.1, 0.15) is 41.7 Å². The Hall–Kier alpha value is -1.91. The number of carbonyl (C=O) groups excluding carboxylic acids is 1. The highest BCUT2D eigenvalue weighted by molar-refractivity contribution is 5.97. The normalized spacial score (nSPS) is 18.7. The van der Waals surface area contributed by atoms with Crippen LogP contribution in [0.4, 0.5) is 0 Å². The van der Waals surface area contributed by atoms with Crippen molar-refractivity contribution in [3.8, 4) is 0 Å². The number of carbonyl (C=O) groups is 1. The lowest BCUT2D eigenvalue weighted by atomic mass is 10.1. The SMILES string of the molecule is Cc1noc2ncc(C(=O)NC(C3CC3)C3CC3)cc12. The Labute approximate surface area is 116 Å². The van der Waals surface area contributed by atoms with Crippen molar-refractivity contribution in [3.63, 3.8) is 0 Å². The summed E-state index contributed by atoms with van der Waals surface area (Å²) in [5.41, 5.74) is 1.85. The van der Waals surface area contributed by atoms with E-state index in [-0.39, 0.29) is 5.91 Å². The van der Waals surface area contributed by atoms with Crippen LogP contribution >= 0.6 is 0 Å². The van der Waals surface area contributed by atoms with Gasteiger partial charge in [-0.25, -0.2) is 4.98 Å². The molecule has 104 valence electrons. The summed E-state index contributed by atoms with van der Waals surface area (Å²) in [6, 6.07) is 2.18. The van der Waals surface area contributed by atoms with Gasteiger partial charge in [0.2, 0.25) is 0 Å². The molecule has 1 amide bonds. The van der Waals surface area contributed by atoms with Gasteiger partial charge in [-0.05, 0) is 50.5 Å². The first-order chi connectivity index (χ1) is 9.72. The lowest BCUT2D eigenvalue weighted by Crippen LogP contribution is -2.38. The maximum atomic E-state index is 12.4. The van der Waals surface area contributed by atoms with E-state index >= 15 is 0 Å². The molecule has 5 heteroatoms. The van der Waals surface area contributed by atoms with E-state index in [0.717, 1.165) is 11.1 Å². The summed E-state index contributed by atoms with van der Waals surface area (Å²) in [4.78, 5) is 16.6. The van der Waals surface area contributed by atoms with Crippen molar-refractivity contribution in [3.05, 3.63) is 23.5 Å². The molecule has 20 heavy (non-hydrogen) atoms. The number of aryl methyl sites for hydroxylation is 1. The van der Waals surface area contributed by atoms with E-state index in [1.54, 1.807) is 6.20 Å². The highest BCUT2D eigenvalue weighted by Crippen LogP contribution is 2.44. The van der Waals surface area contributed by atoms with E-state index < -0.39 is 0 Å². The number of pyridine rings is 1. The Morgan fingerprint density at radius 3 is 2.70 bits per heavy atom. The van der Waals surface area contributed by atoms with Crippen LogP contribution in [0.25, 0.3) is 11.1 Å². The van der Waals surface area contributed by atoms with Gasteiger partial charge in [0, 0.05) is 12.2 Å². The van der Waals surface area contributed by atoms with Crippen molar-refractivity contribution in [1.82, 2.24) is 15.5 Å². The monoisotopic (exact) mass is 271 g/mol. The van der Waals surface area contributed by atoms with Crippen LogP contribution in [0.5, 0.6) is 0 Å². The number of amides is 1. The molecule has 2 aliphatic carbocycles. The molecule has 0 atom stereocenters. The highest BCUT2D eigenvalue weighted by atomic mass is 16.5. The number of aromatic nitrogens is 2. The average molecular weight is 271 g/mol. The molecule has 2 aliphatic rings. The minimum atomic E-state index is -0.0243. The predicted octanol–water partition coefficient (Wildman–Crippen LogP) is 2.45. The Morgan fingerprint density at radius 2 is 2.05 bits per heavy atom. The van der Waals surface area contributed by atoms with Crippen molar-refractivity contribution < 1.29 is 9.32 Å². The van der Waals surface area contributed by atoms with Gasteiger partial charge in [0.1, 0.15) is 0 Å². The van der Waals surface area contributed by atoms with Crippen LogP contribution in [0.2, 0.25) is 0 Å². The molecular formula is C15H17N3O2. The van der Waals surface area contributed by atoms with Crippen molar-refractivity contribution in [1.29, 1.82) is 0 Å². The molecule has 5 nitrogen and oxygen atoms in total. The third-order valence-electron chi connectivity index (χ3n) is 4.33. The lowest BCUT2D eigenvalue weighted by Gasteiger charge is -2.17. The van der Waals surface area contributed by atoms with E-state index in [2.05, 4.69) is 15.5 Å². The van der Waals surface area contributed by atoms with Gasteiger partial charge >= 0.3 is 0 Å². The first-order valence-electron chi connectivity index (χ1n) is 7.25. The number of nitrogens with zero attached hydrogens (tertiary/aromatic N) is 2. The van der Waals surface area contributed by atoms with Crippen LogP contribution in [0.15, 0.2) is 16.8 Å². The maximum Gasteiger partial charge on any atom is 0.257 e. The van der Waals surface area contributed by atoms with Gasteiger partial charge in [-0.2, -0.15) is 0 Å². The van der Waals surface area contributed by atoms with Gasteiger partial charge < -0.3 is 9.84 Å². The quantitative estimate of drug-likeness (QED) is 0.927. The van der Waals surface area contributed by atoms with Crippen LogP contribution in [0, 0.1) is 18.8 Å². The summed E-state index contributed by atoms with van der Waals surface area (Å²) in [6.07, 6.45) is 6.58. The third kappa shape index (κ3) is 2.07. The maximum absolute atomic E-state index is 12.4. The van der Waals surface area contributed by atoms with Crippen LogP contribution in [0.3, 0.4) is 0 Å². The molecule has 0 radical (unpaired) electrons. The standard InChI is InChI=1S/C15H17N3O2/c1-8-12-6-11(7-16-15(12)20-18-8)14(19)17-13(9-2-3-9)10-4-5-10/h6-7,9-10,13H,2-5H2,1H3,(H,17,19). The molecule has 4 rings (SSSR count). The Bertz CT molecular complexity index is 659. The molecule has 0 spiro atoms. The molecule has 0 saturated heterocycles. The van der Waals surface area contributed by atoms with E-state index in [1.807, 2.05) is 13.0 Å². The number of rotatable bonds is 4. The van der Waals surface area contributed by atoms with E-state index in [9.17, 15) is 4.79 Å². The summed E-state index contributed by atoms with van der Waals surface area (Å²) in [6.45, 7) is 1.85. The third-order valence-corrected chi connectivity index (χ3v) is 4.33. The summed E-state index contributed by atoms with van der Waals surface area (Å²) in [5, 5.41) is 7.88. The Morgan fingerprint density at radius 1 is 1.35 bits per heavy atom. The van der Waals surface area contributed by atoms with Crippen molar-refractivity contribution in [2.75, 3.05) is 0 Å². The Balaban J connectivity index is 1.57. The van der Waals surface area contributed by atoms with Crippen LogP contribution in [-0.2, 0) is 0 Å². The van der Waals surface area contributed by atoms with Gasteiger partial charge in [0.15, 0.2) is 0 Å². The molecule has 2 heterocycles. The van der Waals surface area contributed by atoms with Crippen molar-refractivity contribution >= 4 is 17.0 Å². The number of fused-ring (bicyclic) bond motifs is 1. The zero-order valence-electron chi connectivity index (χ0n) is 11.4. The van der Waals surface area contributed by atoms with Crippen molar-refractivity contribution in [2.45, 2.75) is 38.6 Å². The highest BCUT2D eigenvalue weighted by Gasteiger charge is 2.42. The second-order valence-electron chi connectivity index (χ2n) is 6.02. The topological polar surface area (TPSA) is 68.0 Å². The summed E-state index contributed by atoms with van der Waals surface area (Å²) >= 11 is 0. The molecule has 0 aromatic carbocycles. The van der Waals surface area contributed by atoms with Crippen LogP contribution < -0.4 is 5.32 Å². The molecule has 1 N–H and O–H groups in total. The van der Waals surface area contributed by atoms with Crippen LogP contribution in [-0.4, -0.2) is 22.1 Å². The number of hydrogen-bond acceptors (Lipinski definition) is 4. The van der Waals surface area contributed by atoms with E-state index in [0.29, 0.717) is 29.2 Å². The molecule has 0 bridgehead atoms. The molecule has 0 aliphatic heterocycles. The van der Waals surface area contributed by atoms with Gasteiger partial charge in [0.25, 0.3) is 11.6 Å². The van der Waals surface area contributed by atoms with Gasteiger partial charge in [-0.15, -0.1) is 0 Å². The number of nitrogens with one attached hydrogen (secondary N) is 1. The largest absolute Gasteiger partial charge is 0.349 e. The lowest BCUT2D eigenvalue weighted by molar-refractivity contribution is 0.0926. The summed E-state index contributed by atoms with van der Waals surface area (Å²) in [5.74, 6) is 1.37. The molecule has 2 fully saturated rings. The minimum Gasteiger partial charge on any atom is -0.349 e. The zero-order valence-corrected chi connectivity index (χ0v) is 11.4. The average Bonchev–Trinajstić information content (AvgIpc) is 3.36. The van der Waals surface area contributed by atoms with Crippen molar-refractivity contribution in [2.24, 2.45) is 11.8 Å².